The Morgan fingerprint density at radius 2 is 1.87 bits per heavy atom. The highest BCUT2D eigenvalue weighted by Crippen LogP contribution is 2.48. The van der Waals surface area contributed by atoms with E-state index in [2.05, 4.69) is 52.9 Å². The van der Waals surface area contributed by atoms with E-state index >= 15 is 0 Å². The number of fused-ring (bicyclic) bond motifs is 1. The third-order valence-corrected chi connectivity index (χ3v) is 8.80. The molecule has 194 valence electrons. The average molecular weight is 526 g/mol. The molecule has 2 N–H and O–H groups in total. The summed E-state index contributed by atoms with van der Waals surface area (Å²) in [5.41, 5.74) is 4.94. The number of hydrogen-bond donors (Lipinski definition) is 2. The molecule has 7 nitrogen and oxygen atoms in total. The van der Waals surface area contributed by atoms with Gasteiger partial charge in [0.25, 0.3) is 5.89 Å². The van der Waals surface area contributed by atoms with Crippen molar-refractivity contribution in [3.05, 3.63) is 82.4 Å². The zero-order valence-electron chi connectivity index (χ0n) is 21.7. The molecule has 2 aliphatic carbocycles. The minimum atomic E-state index is -0.608. The largest absolute Gasteiger partial charge is 0.402 e. The normalized spacial score (nSPS) is 18.2. The van der Waals surface area contributed by atoms with Crippen LogP contribution in [0.4, 0.5) is 11.0 Å². The Kier molecular flexibility index (Phi) is 6.57. The van der Waals surface area contributed by atoms with Gasteiger partial charge in [-0.15, -0.1) is 16.4 Å². The van der Waals surface area contributed by atoms with Crippen LogP contribution in [0.5, 0.6) is 0 Å². The number of anilines is 2. The van der Waals surface area contributed by atoms with Crippen LogP contribution < -0.4 is 10.6 Å². The van der Waals surface area contributed by atoms with Gasteiger partial charge in [-0.2, -0.15) is 0 Å². The maximum Gasteiger partial charge on any atom is 0.316 e. The molecule has 4 aromatic rings. The summed E-state index contributed by atoms with van der Waals surface area (Å²) in [5, 5.41) is 17.3. The van der Waals surface area contributed by atoms with Crippen LogP contribution in [0.3, 0.4) is 0 Å². The Bertz CT molecular complexity index is 1490. The third-order valence-electron chi connectivity index (χ3n) is 7.48. The minimum Gasteiger partial charge on any atom is -0.402 e. The van der Waals surface area contributed by atoms with E-state index in [0.717, 1.165) is 58.1 Å². The van der Waals surface area contributed by atoms with Crippen LogP contribution in [0.1, 0.15) is 61.2 Å². The lowest BCUT2D eigenvalue weighted by Crippen LogP contribution is -2.30. The predicted molar refractivity (Wildman–Crippen MR) is 151 cm³/mol. The lowest BCUT2D eigenvalue weighted by Gasteiger charge is -2.36. The fourth-order valence-corrected chi connectivity index (χ4v) is 6.27. The fraction of sp³-hybridized carbons (Fsp3) is 0.333. The molecule has 0 unspecified atom stereocenters. The zero-order valence-corrected chi connectivity index (χ0v) is 22.5. The highest BCUT2D eigenvalue weighted by molar-refractivity contribution is 7.16. The zero-order chi connectivity index (χ0) is 26.1. The maximum absolute atomic E-state index is 13.3. The number of aromatic nitrogens is 3. The summed E-state index contributed by atoms with van der Waals surface area (Å²) in [6.07, 6.45) is 6.82. The first kappa shape index (κ1) is 24.6. The van der Waals surface area contributed by atoms with E-state index in [0.29, 0.717) is 18.0 Å². The van der Waals surface area contributed by atoms with E-state index < -0.39 is 6.04 Å². The van der Waals surface area contributed by atoms with E-state index in [4.69, 9.17) is 9.40 Å². The second-order valence-electron chi connectivity index (χ2n) is 10.3. The molecule has 0 amide bonds. The Balaban J connectivity index is 1.31. The highest BCUT2D eigenvalue weighted by Gasteiger charge is 2.38. The lowest BCUT2D eigenvalue weighted by molar-refractivity contribution is -0.118. The van der Waals surface area contributed by atoms with Crippen LogP contribution in [0.2, 0.25) is 0 Å². The Morgan fingerprint density at radius 1 is 1.08 bits per heavy atom. The van der Waals surface area contributed by atoms with Gasteiger partial charge in [-0.25, -0.2) is 4.98 Å². The van der Waals surface area contributed by atoms with Crippen molar-refractivity contribution in [3.63, 3.8) is 0 Å². The number of nitrogens with zero attached hydrogens (tertiary/aromatic N) is 3. The number of nitrogens with one attached hydrogen (secondary N) is 2. The number of carbonyl (C=O) groups is 1. The Morgan fingerprint density at radius 3 is 2.63 bits per heavy atom. The van der Waals surface area contributed by atoms with Crippen LogP contribution in [-0.4, -0.2) is 33.6 Å². The second kappa shape index (κ2) is 10.2. The first-order valence-corrected chi connectivity index (χ1v) is 14.1. The number of rotatable bonds is 8. The number of hydrogen-bond acceptors (Lipinski definition) is 8. The van der Waals surface area contributed by atoms with Crippen molar-refractivity contribution in [3.8, 4) is 11.6 Å². The van der Waals surface area contributed by atoms with Crippen molar-refractivity contribution in [1.29, 1.82) is 0 Å². The number of thiazole rings is 1. The number of benzene rings is 2. The molecule has 0 saturated heterocycles. The predicted octanol–water partition coefficient (Wildman–Crippen LogP) is 6.49. The van der Waals surface area contributed by atoms with Crippen molar-refractivity contribution in [1.82, 2.24) is 15.2 Å². The van der Waals surface area contributed by atoms with Gasteiger partial charge in [0.05, 0.1) is 0 Å². The Hall–Kier alpha value is -3.78. The van der Waals surface area contributed by atoms with Gasteiger partial charge in [-0.05, 0) is 47.6 Å². The molecule has 1 saturated carbocycles. The molecular formula is C30H31N5O2S. The van der Waals surface area contributed by atoms with Crippen LogP contribution in [-0.2, 0) is 16.6 Å². The quantitative estimate of drug-likeness (QED) is 0.271. The molecule has 38 heavy (non-hydrogen) atoms. The fourth-order valence-electron chi connectivity index (χ4n) is 5.09. The van der Waals surface area contributed by atoms with Gasteiger partial charge in [0.1, 0.15) is 16.1 Å². The van der Waals surface area contributed by atoms with E-state index in [-0.39, 0.29) is 17.2 Å². The van der Waals surface area contributed by atoms with Gasteiger partial charge in [0, 0.05) is 18.4 Å². The minimum absolute atomic E-state index is 0.0438. The summed E-state index contributed by atoms with van der Waals surface area (Å²) in [6.45, 7) is 5.25. The molecule has 1 atom stereocenters. The molecule has 2 aromatic heterocycles. The molecule has 0 bridgehead atoms. The van der Waals surface area contributed by atoms with E-state index in [1.165, 1.54) is 6.42 Å². The first-order valence-electron chi connectivity index (χ1n) is 13.3. The summed E-state index contributed by atoms with van der Waals surface area (Å²) in [5.74, 6) is 0.399. The first-order chi connectivity index (χ1) is 18.5. The van der Waals surface area contributed by atoms with Crippen molar-refractivity contribution in [2.45, 2.75) is 57.4 Å². The van der Waals surface area contributed by atoms with E-state index in [1.54, 1.807) is 11.3 Å². The second-order valence-corrected chi connectivity index (χ2v) is 11.3. The monoisotopic (exact) mass is 525 g/mol. The highest BCUT2D eigenvalue weighted by atomic mass is 32.1. The van der Waals surface area contributed by atoms with Crippen molar-refractivity contribution < 1.29 is 9.21 Å². The van der Waals surface area contributed by atoms with Crippen LogP contribution in [0, 0.1) is 0 Å². The van der Waals surface area contributed by atoms with Crippen molar-refractivity contribution in [2.24, 2.45) is 0 Å². The topological polar surface area (TPSA) is 92.9 Å². The molecule has 2 heterocycles. The number of ketones is 1. The van der Waals surface area contributed by atoms with Gasteiger partial charge < -0.3 is 15.1 Å². The van der Waals surface area contributed by atoms with Gasteiger partial charge in [0.15, 0.2) is 11.5 Å². The van der Waals surface area contributed by atoms with E-state index in [1.807, 2.05) is 42.5 Å². The number of carbonyl (C=O) groups excluding carboxylic acids is 1. The molecule has 0 aliphatic heterocycles. The standard InChI is InChI=1S/C30H31N5O2S/c1-3-16-31-27-25(33-28(38-27)30(2)14-9-15-30)26-34-35-29(37-26)32-23-18-22(19-10-5-4-6-11-19)21-13-8-7-12-20(21)17-24(23)36/h4-8,10-13,18,23,31H,3,9,14-17H2,1-2H3,(H,32,35)/t23-/m0/s1. The maximum atomic E-state index is 13.3. The summed E-state index contributed by atoms with van der Waals surface area (Å²) >= 11 is 1.68. The van der Waals surface area contributed by atoms with Gasteiger partial charge in [-0.3, -0.25) is 4.79 Å². The summed E-state index contributed by atoms with van der Waals surface area (Å²) in [4.78, 5) is 18.3. The molecular weight excluding hydrogens is 494 g/mol. The summed E-state index contributed by atoms with van der Waals surface area (Å²) < 4.78 is 6.07. The summed E-state index contributed by atoms with van der Waals surface area (Å²) in [7, 11) is 0. The van der Waals surface area contributed by atoms with Gasteiger partial charge >= 0.3 is 6.01 Å². The molecule has 0 spiro atoms. The third kappa shape index (κ3) is 4.65. The van der Waals surface area contributed by atoms with Gasteiger partial charge in [0.2, 0.25) is 0 Å². The van der Waals surface area contributed by atoms with E-state index in [9.17, 15) is 4.79 Å². The van der Waals surface area contributed by atoms with Crippen LogP contribution in [0.25, 0.3) is 17.2 Å². The van der Waals surface area contributed by atoms with Crippen LogP contribution in [0.15, 0.2) is 65.1 Å². The number of Topliss-reactive ketones (excluding diaryl/α,β-unsaturated/α-hetero) is 1. The van der Waals surface area contributed by atoms with Crippen molar-refractivity contribution >= 4 is 33.7 Å². The smallest absolute Gasteiger partial charge is 0.316 e. The average Bonchev–Trinajstić information content (AvgIpc) is 3.53. The molecule has 1 fully saturated rings. The Labute approximate surface area is 226 Å². The molecule has 6 rings (SSSR count). The molecule has 8 heteroatoms. The van der Waals surface area contributed by atoms with Crippen LogP contribution >= 0.6 is 11.3 Å². The van der Waals surface area contributed by atoms with Crippen molar-refractivity contribution in [2.75, 3.05) is 17.2 Å². The SMILES string of the molecule is CCCNc1sc(C2(C)CCC2)nc1-c1nnc(N[C@H]2C=C(c3ccccc3)c3ccccc3CC2=O)o1. The lowest BCUT2D eigenvalue weighted by atomic mass is 9.71. The van der Waals surface area contributed by atoms with Gasteiger partial charge in [-0.1, -0.05) is 80.0 Å². The molecule has 2 aliphatic rings. The molecule has 2 aromatic carbocycles. The summed E-state index contributed by atoms with van der Waals surface area (Å²) in [6, 6.07) is 17.8. The molecule has 0 radical (unpaired) electrons.